The smallest absolute Gasteiger partial charge is 0.313 e. The van der Waals surface area contributed by atoms with Gasteiger partial charge in [-0.3, -0.25) is 4.79 Å². The molecule has 0 radical (unpaired) electrons. The minimum atomic E-state index is -0.806. The monoisotopic (exact) mass is 277 g/mol. The number of nitrogens with one attached hydrogen (secondary N) is 1. The molecule has 0 spiro atoms. The van der Waals surface area contributed by atoms with Crippen molar-refractivity contribution in [3.05, 3.63) is 35.9 Å². The number of carbonyl (C=O) groups is 2. The number of β-amino-alcohol motifs (C(OH)–C–C–N with tert-alkyl or cyclic N) is 1. The van der Waals surface area contributed by atoms with Crippen LogP contribution >= 0.6 is 0 Å². The van der Waals surface area contributed by atoms with E-state index in [2.05, 4.69) is 5.32 Å². The standard InChI is InChI=1S/C14H19N3O3/c15-14(20)16-12(10-5-2-1-3-6-10)13(19)17-8-4-7-11(18)9-17/h1-3,5-6,11-12,18H,4,7-9H2,(H3,15,16,20)/t11-,12?/m0/s1. The Labute approximate surface area is 117 Å². The summed E-state index contributed by atoms with van der Waals surface area (Å²) in [5.41, 5.74) is 5.83. The lowest BCUT2D eigenvalue weighted by atomic mass is 10.0. The first-order chi connectivity index (χ1) is 9.58. The molecular weight excluding hydrogens is 258 g/mol. The number of rotatable bonds is 3. The van der Waals surface area contributed by atoms with E-state index in [1.54, 1.807) is 29.2 Å². The predicted molar refractivity (Wildman–Crippen MR) is 73.7 cm³/mol. The maximum Gasteiger partial charge on any atom is 0.313 e. The Morgan fingerprint density at radius 2 is 2.05 bits per heavy atom. The van der Waals surface area contributed by atoms with Gasteiger partial charge in [0.2, 0.25) is 5.91 Å². The largest absolute Gasteiger partial charge is 0.391 e. The van der Waals surface area contributed by atoms with Crippen LogP contribution in [0.25, 0.3) is 0 Å². The Balaban J connectivity index is 2.18. The van der Waals surface area contributed by atoms with Gasteiger partial charge in [0, 0.05) is 13.1 Å². The second-order valence-corrected chi connectivity index (χ2v) is 4.93. The van der Waals surface area contributed by atoms with Crippen LogP contribution in [0.5, 0.6) is 0 Å². The molecular formula is C14H19N3O3. The fourth-order valence-corrected chi connectivity index (χ4v) is 2.41. The first kappa shape index (κ1) is 14.3. The maximum absolute atomic E-state index is 12.5. The molecule has 6 heteroatoms. The highest BCUT2D eigenvalue weighted by molar-refractivity contribution is 5.87. The number of aliphatic hydroxyl groups excluding tert-OH is 1. The van der Waals surface area contributed by atoms with Crippen molar-refractivity contribution in [1.29, 1.82) is 0 Å². The van der Waals surface area contributed by atoms with Crippen LogP contribution in [0.15, 0.2) is 30.3 Å². The topological polar surface area (TPSA) is 95.7 Å². The summed E-state index contributed by atoms with van der Waals surface area (Å²) < 4.78 is 0. The van der Waals surface area contributed by atoms with Gasteiger partial charge in [0.05, 0.1) is 6.10 Å². The van der Waals surface area contributed by atoms with Crippen LogP contribution in [0, 0.1) is 0 Å². The Kier molecular flexibility index (Phi) is 4.57. The number of likely N-dealkylation sites (tertiary alicyclic amines) is 1. The van der Waals surface area contributed by atoms with Gasteiger partial charge in [-0.1, -0.05) is 30.3 Å². The van der Waals surface area contributed by atoms with Crippen molar-refractivity contribution in [1.82, 2.24) is 10.2 Å². The molecule has 1 heterocycles. The molecule has 20 heavy (non-hydrogen) atoms. The van der Waals surface area contributed by atoms with E-state index in [1.807, 2.05) is 6.07 Å². The molecule has 1 unspecified atom stereocenters. The number of primary amides is 1. The number of benzene rings is 1. The number of nitrogens with two attached hydrogens (primary N) is 1. The van der Waals surface area contributed by atoms with Crippen molar-refractivity contribution < 1.29 is 14.7 Å². The van der Waals surface area contributed by atoms with Gasteiger partial charge in [0.25, 0.3) is 0 Å². The van der Waals surface area contributed by atoms with Gasteiger partial charge in [-0.15, -0.1) is 0 Å². The van der Waals surface area contributed by atoms with Gasteiger partial charge in [0.1, 0.15) is 6.04 Å². The van der Waals surface area contributed by atoms with Gasteiger partial charge in [-0.05, 0) is 18.4 Å². The van der Waals surface area contributed by atoms with Gasteiger partial charge >= 0.3 is 6.03 Å². The van der Waals surface area contributed by atoms with Crippen LogP contribution in [-0.4, -0.2) is 41.1 Å². The fourth-order valence-electron chi connectivity index (χ4n) is 2.41. The molecule has 0 saturated carbocycles. The molecule has 1 aliphatic heterocycles. The normalized spacial score (nSPS) is 20.2. The zero-order valence-electron chi connectivity index (χ0n) is 11.2. The van der Waals surface area contributed by atoms with E-state index in [0.29, 0.717) is 25.1 Å². The molecule has 1 aromatic rings. The second-order valence-electron chi connectivity index (χ2n) is 4.93. The fraction of sp³-hybridized carbons (Fsp3) is 0.429. The summed E-state index contributed by atoms with van der Waals surface area (Å²) in [6.07, 6.45) is 0.950. The number of piperidine rings is 1. The number of amides is 3. The third kappa shape index (κ3) is 3.48. The van der Waals surface area contributed by atoms with E-state index in [9.17, 15) is 14.7 Å². The Morgan fingerprint density at radius 1 is 1.35 bits per heavy atom. The molecule has 1 saturated heterocycles. The zero-order valence-corrected chi connectivity index (χ0v) is 11.2. The number of hydrogen-bond donors (Lipinski definition) is 3. The SMILES string of the molecule is NC(=O)NC(C(=O)N1CCC[C@H](O)C1)c1ccccc1. The van der Waals surface area contributed by atoms with Crippen LogP contribution in [0.3, 0.4) is 0 Å². The highest BCUT2D eigenvalue weighted by atomic mass is 16.3. The first-order valence-corrected chi connectivity index (χ1v) is 6.65. The van der Waals surface area contributed by atoms with E-state index in [1.165, 1.54) is 0 Å². The van der Waals surface area contributed by atoms with Crippen molar-refractivity contribution in [3.63, 3.8) is 0 Å². The van der Waals surface area contributed by atoms with E-state index in [4.69, 9.17) is 5.73 Å². The number of urea groups is 1. The Bertz CT molecular complexity index is 478. The third-order valence-corrected chi connectivity index (χ3v) is 3.37. The number of aliphatic hydroxyl groups is 1. The predicted octanol–water partition coefficient (Wildman–Crippen LogP) is 0.379. The van der Waals surface area contributed by atoms with Crippen LogP contribution in [-0.2, 0) is 4.79 Å². The second kappa shape index (κ2) is 6.38. The molecule has 4 N–H and O–H groups in total. The molecule has 1 aliphatic rings. The van der Waals surface area contributed by atoms with Gasteiger partial charge in [-0.2, -0.15) is 0 Å². The van der Waals surface area contributed by atoms with Gasteiger partial charge in [-0.25, -0.2) is 4.79 Å². The Morgan fingerprint density at radius 3 is 2.65 bits per heavy atom. The highest BCUT2D eigenvalue weighted by Gasteiger charge is 2.29. The molecule has 0 aliphatic carbocycles. The molecule has 108 valence electrons. The summed E-state index contributed by atoms with van der Waals surface area (Å²) in [6.45, 7) is 0.877. The molecule has 6 nitrogen and oxygen atoms in total. The van der Waals surface area contributed by atoms with E-state index < -0.39 is 18.2 Å². The van der Waals surface area contributed by atoms with Crippen molar-refractivity contribution in [3.8, 4) is 0 Å². The minimum absolute atomic E-state index is 0.242. The van der Waals surface area contributed by atoms with Crippen molar-refractivity contribution in [2.45, 2.75) is 25.0 Å². The third-order valence-electron chi connectivity index (χ3n) is 3.37. The van der Waals surface area contributed by atoms with Crippen molar-refractivity contribution in [2.24, 2.45) is 5.73 Å². The lowest BCUT2D eigenvalue weighted by Crippen LogP contribution is -2.49. The maximum atomic E-state index is 12.5. The summed E-state index contributed by atoms with van der Waals surface area (Å²) in [4.78, 5) is 25.2. The number of nitrogens with zero attached hydrogens (tertiary/aromatic N) is 1. The summed E-state index contributed by atoms with van der Waals surface area (Å²) >= 11 is 0. The quantitative estimate of drug-likeness (QED) is 0.745. The summed E-state index contributed by atoms with van der Waals surface area (Å²) in [5, 5.41) is 12.1. The lowest BCUT2D eigenvalue weighted by molar-refractivity contribution is -0.136. The van der Waals surface area contributed by atoms with E-state index in [0.717, 1.165) is 6.42 Å². The molecule has 2 atom stereocenters. The minimum Gasteiger partial charge on any atom is -0.391 e. The average Bonchev–Trinajstić information content (AvgIpc) is 2.45. The molecule has 0 aromatic heterocycles. The number of carbonyl (C=O) groups excluding carboxylic acids is 2. The highest BCUT2D eigenvalue weighted by Crippen LogP contribution is 2.19. The molecule has 3 amide bonds. The van der Waals surface area contributed by atoms with Crippen LogP contribution in [0.4, 0.5) is 4.79 Å². The lowest BCUT2D eigenvalue weighted by Gasteiger charge is -2.33. The van der Waals surface area contributed by atoms with Gasteiger partial charge in [0.15, 0.2) is 0 Å². The van der Waals surface area contributed by atoms with Crippen molar-refractivity contribution >= 4 is 11.9 Å². The summed E-state index contributed by atoms with van der Waals surface area (Å²) in [5.74, 6) is -0.242. The van der Waals surface area contributed by atoms with Crippen LogP contribution < -0.4 is 11.1 Å². The molecule has 1 aromatic carbocycles. The van der Waals surface area contributed by atoms with E-state index >= 15 is 0 Å². The zero-order chi connectivity index (χ0) is 14.5. The van der Waals surface area contributed by atoms with E-state index in [-0.39, 0.29) is 5.91 Å². The first-order valence-electron chi connectivity index (χ1n) is 6.65. The summed E-state index contributed by atoms with van der Waals surface area (Å²) in [7, 11) is 0. The molecule has 0 bridgehead atoms. The molecule has 2 rings (SSSR count). The van der Waals surface area contributed by atoms with Crippen LogP contribution in [0.1, 0.15) is 24.4 Å². The molecule has 1 fully saturated rings. The average molecular weight is 277 g/mol. The van der Waals surface area contributed by atoms with Crippen LogP contribution in [0.2, 0.25) is 0 Å². The van der Waals surface area contributed by atoms with Gasteiger partial charge < -0.3 is 21.1 Å². The Hall–Kier alpha value is -2.08. The van der Waals surface area contributed by atoms with Crippen molar-refractivity contribution in [2.75, 3.05) is 13.1 Å². The number of hydrogen-bond acceptors (Lipinski definition) is 3. The summed E-state index contributed by atoms with van der Waals surface area (Å²) in [6, 6.07) is 7.40.